The van der Waals surface area contributed by atoms with E-state index >= 15 is 0 Å². The molecule has 2 aliphatic heterocycles. The number of amides is 2. The van der Waals surface area contributed by atoms with E-state index in [1.165, 1.54) is 16.7 Å². The van der Waals surface area contributed by atoms with Crippen molar-refractivity contribution in [2.45, 2.75) is 71.8 Å². The first-order valence-electron chi connectivity index (χ1n) is 10.2. The Morgan fingerprint density at radius 3 is 2.64 bits per heavy atom. The van der Waals surface area contributed by atoms with Gasteiger partial charge in [0.15, 0.2) is 0 Å². The molecule has 1 aromatic rings. The molecule has 28 heavy (non-hydrogen) atoms. The van der Waals surface area contributed by atoms with Gasteiger partial charge in [0.05, 0.1) is 5.69 Å². The zero-order valence-corrected chi connectivity index (χ0v) is 19.2. The number of anilines is 1. The van der Waals surface area contributed by atoms with Crippen molar-refractivity contribution >= 4 is 33.6 Å². The third-order valence-electron chi connectivity index (χ3n) is 5.39. The van der Waals surface area contributed by atoms with Crippen LogP contribution in [0.2, 0.25) is 0 Å². The van der Waals surface area contributed by atoms with Gasteiger partial charge in [-0.3, -0.25) is 4.79 Å². The van der Waals surface area contributed by atoms with Crippen molar-refractivity contribution < 1.29 is 14.3 Å². The predicted molar refractivity (Wildman–Crippen MR) is 115 cm³/mol. The van der Waals surface area contributed by atoms with Gasteiger partial charge < -0.3 is 14.5 Å². The Hall–Kier alpha value is -1.56. The van der Waals surface area contributed by atoms with E-state index in [2.05, 4.69) is 35.8 Å². The lowest BCUT2D eigenvalue weighted by atomic mass is 9.89. The highest BCUT2D eigenvalue weighted by Crippen LogP contribution is 2.42. The molecular weight excluding hydrogens is 420 g/mol. The lowest BCUT2D eigenvalue weighted by molar-refractivity contribution is -0.118. The summed E-state index contributed by atoms with van der Waals surface area (Å²) in [6.45, 7) is 11.9. The molecule has 0 bridgehead atoms. The van der Waals surface area contributed by atoms with E-state index in [-0.39, 0.29) is 17.9 Å². The molecule has 0 spiro atoms. The van der Waals surface area contributed by atoms with Crippen LogP contribution in [0.1, 0.15) is 70.1 Å². The number of ether oxygens (including phenoxy) is 1. The van der Waals surface area contributed by atoms with Crippen molar-refractivity contribution in [3.8, 4) is 0 Å². The molecule has 0 saturated heterocycles. The molecule has 3 rings (SSSR count). The van der Waals surface area contributed by atoms with Gasteiger partial charge in [0, 0.05) is 30.5 Å². The molecule has 0 fully saturated rings. The second-order valence-corrected chi connectivity index (χ2v) is 9.68. The van der Waals surface area contributed by atoms with Gasteiger partial charge in [0.25, 0.3) is 0 Å². The molecule has 154 valence electrons. The first-order chi connectivity index (χ1) is 13.1. The molecule has 0 N–H and O–H groups in total. The van der Waals surface area contributed by atoms with Crippen LogP contribution >= 0.6 is 15.9 Å². The second kappa shape index (κ2) is 8.05. The van der Waals surface area contributed by atoms with Crippen LogP contribution in [0.15, 0.2) is 10.5 Å². The first kappa shape index (κ1) is 21.2. The Kier molecular flexibility index (Phi) is 6.08. The van der Waals surface area contributed by atoms with Gasteiger partial charge in [-0.05, 0) is 78.6 Å². The lowest BCUT2D eigenvalue weighted by Gasteiger charge is -2.32. The van der Waals surface area contributed by atoms with Gasteiger partial charge in [0.2, 0.25) is 5.91 Å². The fourth-order valence-electron chi connectivity index (χ4n) is 4.15. The number of halogens is 1. The van der Waals surface area contributed by atoms with E-state index in [4.69, 9.17) is 4.74 Å². The summed E-state index contributed by atoms with van der Waals surface area (Å²) < 4.78 is 6.62. The van der Waals surface area contributed by atoms with Crippen LogP contribution in [0, 0.1) is 0 Å². The third-order valence-corrected chi connectivity index (χ3v) is 6.24. The zero-order valence-electron chi connectivity index (χ0n) is 17.6. The maximum absolute atomic E-state index is 12.6. The number of fused-ring (bicyclic) bond motifs is 2. The maximum atomic E-state index is 12.6. The first-order valence-corrected chi connectivity index (χ1v) is 11.0. The third kappa shape index (κ3) is 4.22. The van der Waals surface area contributed by atoms with Gasteiger partial charge in [0.1, 0.15) is 5.60 Å². The van der Waals surface area contributed by atoms with Crippen LogP contribution in [0.25, 0.3) is 0 Å². The number of benzene rings is 1. The summed E-state index contributed by atoms with van der Waals surface area (Å²) in [5.41, 5.74) is 4.27. The molecule has 0 aliphatic carbocycles. The van der Waals surface area contributed by atoms with E-state index in [0.717, 1.165) is 36.0 Å². The summed E-state index contributed by atoms with van der Waals surface area (Å²) in [4.78, 5) is 28.9. The minimum absolute atomic E-state index is 0.201. The normalized spacial score (nSPS) is 19.8. The zero-order chi connectivity index (χ0) is 20.6. The van der Waals surface area contributed by atoms with E-state index in [1.807, 2.05) is 30.6 Å². The molecule has 0 saturated carbocycles. The summed E-state index contributed by atoms with van der Waals surface area (Å²) in [7, 11) is 0. The number of aryl methyl sites for hydroxylation is 1. The molecule has 0 radical (unpaired) electrons. The molecule has 5 nitrogen and oxygen atoms in total. The van der Waals surface area contributed by atoms with Crippen molar-refractivity contribution in [3.05, 3.63) is 27.2 Å². The minimum atomic E-state index is -0.500. The van der Waals surface area contributed by atoms with Gasteiger partial charge in [-0.15, -0.1) is 0 Å². The molecule has 0 aromatic heterocycles. The summed E-state index contributed by atoms with van der Waals surface area (Å²) in [6.07, 6.45) is 2.77. The topological polar surface area (TPSA) is 49.9 Å². The largest absolute Gasteiger partial charge is 0.444 e. The summed E-state index contributed by atoms with van der Waals surface area (Å²) in [6, 6.07) is 2.27. The SMILES string of the molecule is CCCN1C(=O)CCc2cc3c(c(Br)c21)CCN(C(=O)OC(C)(C)C)CC3C. The van der Waals surface area contributed by atoms with E-state index < -0.39 is 5.60 Å². The Morgan fingerprint density at radius 2 is 2.00 bits per heavy atom. The van der Waals surface area contributed by atoms with E-state index in [1.54, 1.807) is 0 Å². The smallest absolute Gasteiger partial charge is 0.410 e. The van der Waals surface area contributed by atoms with Crippen molar-refractivity contribution in [1.29, 1.82) is 0 Å². The van der Waals surface area contributed by atoms with Crippen molar-refractivity contribution in [2.75, 3.05) is 24.5 Å². The molecule has 1 unspecified atom stereocenters. The van der Waals surface area contributed by atoms with E-state index in [0.29, 0.717) is 19.5 Å². The van der Waals surface area contributed by atoms with Gasteiger partial charge in [-0.2, -0.15) is 0 Å². The van der Waals surface area contributed by atoms with Crippen LogP contribution < -0.4 is 4.90 Å². The van der Waals surface area contributed by atoms with Crippen molar-refractivity contribution in [2.24, 2.45) is 0 Å². The number of hydrogen-bond donors (Lipinski definition) is 0. The second-order valence-electron chi connectivity index (χ2n) is 8.89. The average molecular weight is 451 g/mol. The highest BCUT2D eigenvalue weighted by molar-refractivity contribution is 9.10. The monoisotopic (exact) mass is 450 g/mol. The van der Waals surface area contributed by atoms with Crippen molar-refractivity contribution in [1.82, 2.24) is 4.90 Å². The Morgan fingerprint density at radius 1 is 1.29 bits per heavy atom. The molecule has 1 atom stereocenters. The van der Waals surface area contributed by atoms with Crippen molar-refractivity contribution in [3.63, 3.8) is 0 Å². The van der Waals surface area contributed by atoms with Crippen LogP contribution in [-0.2, 0) is 22.4 Å². The number of hydrogen-bond acceptors (Lipinski definition) is 3. The standard InChI is InChI=1S/C22H31BrN2O3/c1-6-10-25-18(26)8-7-15-12-17-14(2)13-24(21(27)28-22(3,4)5)11-9-16(17)19(23)20(15)25/h12,14H,6-11,13H2,1-5H3. The lowest BCUT2D eigenvalue weighted by Crippen LogP contribution is -2.38. The Labute approximate surface area is 176 Å². The van der Waals surface area contributed by atoms with Crippen LogP contribution in [-0.4, -0.2) is 42.1 Å². The Bertz CT molecular complexity index is 785. The highest BCUT2D eigenvalue weighted by atomic mass is 79.9. The quantitative estimate of drug-likeness (QED) is 0.634. The summed E-state index contributed by atoms with van der Waals surface area (Å²) in [5.74, 6) is 0.413. The summed E-state index contributed by atoms with van der Waals surface area (Å²) in [5, 5.41) is 0. The number of carbonyl (C=O) groups is 2. The number of rotatable bonds is 2. The predicted octanol–water partition coefficient (Wildman–Crippen LogP) is 5.04. The number of carbonyl (C=O) groups excluding carboxylic acids is 2. The molecule has 1 aromatic carbocycles. The molecule has 2 heterocycles. The van der Waals surface area contributed by atoms with Crippen LogP contribution in [0.4, 0.5) is 10.5 Å². The van der Waals surface area contributed by atoms with Crippen LogP contribution in [0.5, 0.6) is 0 Å². The van der Waals surface area contributed by atoms with Crippen LogP contribution in [0.3, 0.4) is 0 Å². The fourth-order valence-corrected chi connectivity index (χ4v) is 5.05. The molecular formula is C22H31BrN2O3. The Balaban J connectivity index is 1.95. The minimum Gasteiger partial charge on any atom is -0.444 e. The van der Waals surface area contributed by atoms with E-state index in [9.17, 15) is 9.59 Å². The summed E-state index contributed by atoms with van der Waals surface area (Å²) >= 11 is 3.83. The fraction of sp³-hybridized carbons (Fsp3) is 0.636. The molecule has 6 heteroatoms. The number of nitrogens with zero attached hydrogens (tertiary/aromatic N) is 2. The average Bonchev–Trinajstić information content (AvgIpc) is 2.76. The molecule has 2 amide bonds. The van der Waals surface area contributed by atoms with Gasteiger partial charge in [-0.25, -0.2) is 4.79 Å². The van der Waals surface area contributed by atoms with Gasteiger partial charge >= 0.3 is 6.09 Å². The molecule has 2 aliphatic rings. The highest BCUT2D eigenvalue weighted by Gasteiger charge is 2.32. The van der Waals surface area contributed by atoms with Gasteiger partial charge in [-0.1, -0.05) is 19.9 Å². The maximum Gasteiger partial charge on any atom is 0.410 e.